The molecule has 0 spiro atoms. The molecule has 5 nitrogen and oxygen atoms in total. The summed E-state index contributed by atoms with van der Waals surface area (Å²) in [5.41, 5.74) is 7.32. The quantitative estimate of drug-likeness (QED) is 0.551. The van der Waals surface area contributed by atoms with E-state index >= 15 is 0 Å². The fourth-order valence-electron chi connectivity index (χ4n) is 5.51. The van der Waals surface area contributed by atoms with E-state index < -0.39 is 5.41 Å². The van der Waals surface area contributed by atoms with Gasteiger partial charge in [-0.05, 0) is 36.3 Å². The van der Waals surface area contributed by atoms with Crippen LogP contribution in [0.5, 0.6) is 0 Å². The zero-order valence-electron chi connectivity index (χ0n) is 18.2. The van der Waals surface area contributed by atoms with Crippen molar-refractivity contribution in [2.75, 3.05) is 6.61 Å². The van der Waals surface area contributed by atoms with Crippen molar-refractivity contribution in [3.8, 4) is 0 Å². The van der Waals surface area contributed by atoms with E-state index in [2.05, 4.69) is 28.5 Å². The third-order valence-corrected chi connectivity index (χ3v) is 7.01. The van der Waals surface area contributed by atoms with Crippen molar-refractivity contribution in [1.82, 2.24) is 4.57 Å². The highest BCUT2D eigenvalue weighted by molar-refractivity contribution is 5.91. The molecule has 1 heterocycles. The minimum atomic E-state index is -0.842. The lowest BCUT2D eigenvalue weighted by Crippen LogP contribution is -2.47. The molecule has 162 valence electrons. The van der Waals surface area contributed by atoms with Gasteiger partial charge in [0.1, 0.15) is 23.9 Å². The van der Waals surface area contributed by atoms with Gasteiger partial charge in [-0.15, -0.1) is 0 Å². The summed E-state index contributed by atoms with van der Waals surface area (Å²) < 4.78 is 4.53. The average Bonchev–Trinajstić information content (AvgIpc) is 3.41. The van der Waals surface area contributed by atoms with Crippen LogP contribution < -0.4 is 10.3 Å². The number of imidazole rings is 1. The summed E-state index contributed by atoms with van der Waals surface area (Å²) in [6, 6.07) is 20.4. The molecule has 0 bridgehead atoms. The summed E-state index contributed by atoms with van der Waals surface area (Å²) in [6.07, 6.45) is 7.81. The summed E-state index contributed by atoms with van der Waals surface area (Å²) in [5, 5.41) is 9.17. The number of rotatable bonds is 8. The fraction of sp³-hybridized carbons (Fsp3) is 0.385. The van der Waals surface area contributed by atoms with Crippen LogP contribution in [-0.2, 0) is 16.8 Å². The normalized spacial score (nSPS) is 18.9. The van der Waals surface area contributed by atoms with Crippen LogP contribution in [0.1, 0.15) is 48.7 Å². The minimum absolute atomic E-state index is 0.118. The van der Waals surface area contributed by atoms with E-state index in [1.807, 2.05) is 60.7 Å². The highest BCUT2D eigenvalue weighted by atomic mass is 16.3. The summed E-state index contributed by atoms with van der Waals surface area (Å²) in [6.45, 7) is 3.13. The Morgan fingerprint density at radius 1 is 1.10 bits per heavy atom. The Morgan fingerprint density at radius 3 is 2.26 bits per heavy atom. The Kier molecular flexibility index (Phi) is 6.23. The molecule has 31 heavy (non-hydrogen) atoms. The van der Waals surface area contributed by atoms with E-state index in [0.717, 1.165) is 43.4 Å². The number of aromatic nitrogens is 2. The number of aliphatic hydroxyl groups is 1. The van der Waals surface area contributed by atoms with Crippen LogP contribution in [0.4, 0.5) is 0 Å². The van der Waals surface area contributed by atoms with Crippen LogP contribution >= 0.6 is 0 Å². The first-order valence-corrected chi connectivity index (χ1v) is 11.2. The number of primary amides is 1. The number of aryl methyl sites for hydroxylation is 1. The number of amides is 1. The number of carbonyl (C=O) groups is 1. The maximum absolute atomic E-state index is 13.2. The lowest BCUT2D eigenvalue weighted by molar-refractivity contribution is -0.703. The number of benzene rings is 2. The Morgan fingerprint density at radius 2 is 1.71 bits per heavy atom. The standard InChI is InChI=1S/C26H31N3O2/c1-20-28(15-8-18-30)16-17-29(20)24-14-13-23(19-24)26(25(27)31,21-9-4-2-5-10-21)22-11-6-3-7-12-22/h2-7,9-12,16-17,23-24,30H,8,13-15,18-19H2,1H3,(H-,27,31)/p+1. The molecule has 1 aliphatic rings. The number of carbonyl (C=O) groups excluding carboxylic acids is 1. The van der Waals surface area contributed by atoms with Gasteiger partial charge in [0.15, 0.2) is 0 Å². The molecule has 1 aliphatic carbocycles. The zero-order chi connectivity index (χ0) is 21.8. The molecule has 0 aliphatic heterocycles. The van der Waals surface area contributed by atoms with Crippen molar-refractivity contribution < 1.29 is 14.5 Å². The molecule has 2 aromatic carbocycles. The summed E-state index contributed by atoms with van der Waals surface area (Å²) in [5.74, 6) is 1.02. The fourth-order valence-corrected chi connectivity index (χ4v) is 5.51. The van der Waals surface area contributed by atoms with Crippen LogP contribution in [0.2, 0.25) is 0 Å². The van der Waals surface area contributed by atoms with Crippen molar-refractivity contribution in [1.29, 1.82) is 0 Å². The first-order chi connectivity index (χ1) is 15.1. The van der Waals surface area contributed by atoms with Crippen molar-refractivity contribution in [2.24, 2.45) is 11.7 Å². The second kappa shape index (κ2) is 9.06. The van der Waals surface area contributed by atoms with Gasteiger partial charge in [-0.1, -0.05) is 60.7 Å². The number of nitrogens with two attached hydrogens (primary N) is 1. The maximum atomic E-state index is 13.2. The Bertz CT molecular complexity index is 974. The van der Waals surface area contributed by atoms with Gasteiger partial charge in [-0.3, -0.25) is 4.79 Å². The highest BCUT2D eigenvalue weighted by Gasteiger charge is 2.51. The van der Waals surface area contributed by atoms with Crippen molar-refractivity contribution in [2.45, 2.75) is 50.6 Å². The number of hydrogen-bond acceptors (Lipinski definition) is 2. The molecular weight excluding hydrogens is 386 g/mol. The van der Waals surface area contributed by atoms with Gasteiger partial charge < -0.3 is 10.8 Å². The summed E-state index contributed by atoms with van der Waals surface area (Å²) in [7, 11) is 0. The molecule has 1 aromatic heterocycles. The molecule has 4 rings (SSSR count). The predicted octanol–water partition coefficient (Wildman–Crippen LogP) is 3.28. The van der Waals surface area contributed by atoms with E-state index in [4.69, 9.17) is 10.8 Å². The van der Waals surface area contributed by atoms with Crippen LogP contribution in [-0.4, -0.2) is 22.2 Å². The summed E-state index contributed by atoms with van der Waals surface area (Å²) >= 11 is 0. The van der Waals surface area contributed by atoms with Gasteiger partial charge >= 0.3 is 0 Å². The van der Waals surface area contributed by atoms with Gasteiger partial charge in [0, 0.05) is 20.0 Å². The third-order valence-electron chi connectivity index (χ3n) is 7.01. The van der Waals surface area contributed by atoms with Gasteiger partial charge in [0.25, 0.3) is 5.82 Å². The van der Waals surface area contributed by atoms with Gasteiger partial charge in [-0.25, -0.2) is 9.13 Å². The van der Waals surface area contributed by atoms with Crippen LogP contribution in [0.25, 0.3) is 0 Å². The number of hydrogen-bond donors (Lipinski definition) is 2. The summed E-state index contributed by atoms with van der Waals surface area (Å²) in [4.78, 5) is 13.2. The average molecular weight is 419 g/mol. The lowest BCUT2D eigenvalue weighted by atomic mass is 9.64. The number of nitrogens with zero attached hydrogens (tertiary/aromatic N) is 2. The second-order valence-electron chi connectivity index (χ2n) is 8.59. The Balaban J connectivity index is 1.72. The highest BCUT2D eigenvalue weighted by Crippen LogP contribution is 2.49. The van der Waals surface area contributed by atoms with Crippen LogP contribution in [0, 0.1) is 12.8 Å². The molecule has 2 unspecified atom stereocenters. The molecule has 5 heteroatoms. The third kappa shape index (κ3) is 3.79. The molecule has 1 fully saturated rings. The molecule has 1 amide bonds. The first kappa shape index (κ1) is 21.3. The smallest absolute Gasteiger partial charge is 0.253 e. The Hall–Kier alpha value is -2.92. The van der Waals surface area contributed by atoms with Crippen molar-refractivity contribution in [3.05, 3.63) is 90.0 Å². The van der Waals surface area contributed by atoms with Crippen molar-refractivity contribution >= 4 is 5.91 Å². The molecular formula is C26H32N3O2+. The zero-order valence-corrected chi connectivity index (χ0v) is 18.2. The monoisotopic (exact) mass is 418 g/mol. The Labute approximate surface area is 184 Å². The molecule has 0 radical (unpaired) electrons. The van der Waals surface area contributed by atoms with E-state index in [9.17, 15) is 4.79 Å². The second-order valence-corrected chi connectivity index (χ2v) is 8.59. The molecule has 0 saturated heterocycles. The van der Waals surface area contributed by atoms with E-state index in [1.54, 1.807) is 0 Å². The topological polar surface area (TPSA) is 72.1 Å². The van der Waals surface area contributed by atoms with Gasteiger partial charge in [0.05, 0.1) is 6.54 Å². The SMILES string of the molecule is Cc1n(C2CCC(C(C(N)=O)(c3ccccc3)c3ccccc3)C2)cc[n+]1CCCO. The van der Waals surface area contributed by atoms with Crippen LogP contribution in [0.15, 0.2) is 73.1 Å². The molecule has 1 saturated carbocycles. The van der Waals surface area contributed by atoms with E-state index in [0.29, 0.717) is 6.04 Å². The van der Waals surface area contributed by atoms with E-state index in [1.165, 1.54) is 5.82 Å². The first-order valence-electron chi connectivity index (χ1n) is 11.2. The molecule has 3 N–H and O–H groups in total. The molecule has 3 aromatic rings. The largest absolute Gasteiger partial charge is 0.396 e. The maximum Gasteiger partial charge on any atom is 0.253 e. The predicted molar refractivity (Wildman–Crippen MR) is 120 cm³/mol. The van der Waals surface area contributed by atoms with Gasteiger partial charge in [0.2, 0.25) is 5.91 Å². The minimum Gasteiger partial charge on any atom is -0.396 e. The van der Waals surface area contributed by atoms with Crippen molar-refractivity contribution in [3.63, 3.8) is 0 Å². The molecule has 2 atom stereocenters. The van der Waals surface area contributed by atoms with E-state index in [-0.39, 0.29) is 18.4 Å². The number of aliphatic hydroxyl groups excluding tert-OH is 1. The lowest BCUT2D eigenvalue weighted by Gasteiger charge is -2.37. The van der Waals surface area contributed by atoms with Gasteiger partial charge in [-0.2, -0.15) is 0 Å². The van der Waals surface area contributed by atoms with Crippen LogP contribution in [0.3, 0.4) is 0 Å².